The first-order valence-corrected chi connectivity index (χ1v) is 7.34. The van der Waals surface area contributed by atoms with Crippen LogP contribution < -0.4 is 5.73 Å². The first-order valence-electron chi connectivity index (χ1n) is 7.34. The molecule has 0 spiro atoms. The van der Waals surface area contributed by atoms with Crippen LogP contribution in [0.3, 0.4) is 0 Å². The van der Waals surface area contributed by atoms with Gasteiger partial charge in [0.1, 0.15) is 5.75 Å². The largest absolute Gasteiger partial charge is 0.508 e. The van der Waals surface area contributed by atoms with Gasteiger partial charge in [-0.05, 0) is 43.5 Å². The van der Waals surface area contributed by atoms with Gasteiger partial charge in [0.15, 0.2) is 0 Å². The molecule has 1 aromatic carbocycles. The predicted octanol–water partition coefficient (Wildman–Crippen LogP) is 3.12. The molecule has 3 heteroatoms. The lowest BCUT2D eigenvalue weighted by molar-refractivity contribution is 0.0766. The summed E-state index contributed by atoms with van der Waals surface area (Å²) in [6.07, 6.45) is 3.26. The van der Waals surface area contributed by atoms with Gasteiger partial charge in [0, 0.05) is 18.6 Å². The van der Waals surface area contributed by atoms with Gasteiger partial charge in [-0.25, -0.2) is 0 Å². The Morgan fingerprint density at radius 3 is 2.11 bits per heavy atom. The number of phenols is 1. The molecule has 0 aliphatic heterocycles. The highest BCUT2D eigenvalue weighted by atomic mass is 16.3. The number of hydrogen-bond acceptors (Lipinski definition) is 3. The van der Waals surface area contributed by atoms with Crippen molar-refractivity contribution in [3.63, 3.8) is 0 Å². The average molecular weight is 264 g/mol. The lowest BCUT2D eigenvalue weighted by atomic mass is 9.89. The van der Waals surface area contributed by atoms with Crippen LogP contribution in [0.15, 0.2) is 24.3 Å². The third-order valence-electron chi connectivity index (χ3n) is 4.17. The molecule has 3 nitrogen and oxygen atoms in total. The summed E-state index contributed by atoms with van der Waals surface area (Å²) in [6, 6.07) is 7.48. The Morgan fingerprint density at radius 2 is 1.68 bits per heavy atom. The Balaban J connectivity index is 2.90. The molecule has 0 aliphatic rings. The minimum Gasteiger partial charge on any atom is -0.508 e. The minimum atomic E-state index is 0.0912. The van der Waals surface area contributed by atoms with Gasteiger partial charge in [-0.15, -0.1) is 0 Å². The molecule has 0 heterocycles. The summed E-state index contributed by atoms with van der Waals surface area (Å²) in [6.45, 7) is 9.28. The maximum Gasteiger partial charge on any atom is 0.115 e. The van der Waals surface area contributed by atoms with Gasteiger partial charge < -0.3 is 10.8 Å². The van der Waals surface area contributed by atoms with Crippen molar-refractivity contribution >= 4 is 0 Å². The molecule has 1 aromatic rings. The van der Waals surface area contributed by atoms with E-state index in [1.165, 1.54) is 5.56 Å². The van der Waals surface area contributed by atoms with E-state index >= 15 is 0 Å². The molecule has 108 valence electrons. The highest BCUT2D eigenvalue weighted by molar-refractivity contribution is 5.26. The summed E-state index contributed by atoms with van der Waals surface area (Å²) in [5, 5.41) is 9.36. The maximum atomic E-state index is 9.36. The second-order valence-corrected chi connectivity index (χ2v) is 5.22. The number of aromatic hydroxyl groups is 1. The molecule has 3 N–H and O–H groups in total. The zero-order valence-electron chi connectivity index (χ0n) is 12.5. The zero-order chi connectivity index (χ0) is 14.3. The fourth-order valence-corrected chi connectivity index (χ4v) is 2.69. The number of benzene rings is 1. The van der Waals surface area contributed by atoms with Gasteiger partial charge in [0.25, 0.3) is 0 Å². The lowest BCUT2D eigenvalue weighted by Crippen LogP contribution is -2.53. The van der Waals surface area contributed by atoms with Crippen LogP contribution in [-0.2, 0) is 6.54 Å². The van der Waals surface area contributed by atoms with Crippen LogP contribution in [0, 0.1) is 0 Å². The number of hydrogen-bond donors (Lipinski definition) is 2. The fourth-order valence-electron chi connectivity index (χ4n) is 2.69. The number of nitrogens with two attached hydrogens (primary N) is 1. The summed E-state index contributed by atoms with van der Waals surface area (Å²) >= 11 is 0. The molecule has 19 heavy (non-hydrogen) atoms. The van der Waals surface area contributed by atoms with Crippen LogP contribution in [-0.4, -0.2) is 28.6 Å². The quantitative estimate of drug-likeness (QED) is 0.758. The van der Waals surface area contributed by atoms with E-state index in [9.17, 15) is 5.11 Å². The Morgan fingerprint density at radius 1 is 1.11 bits per heavy atom. The number of nitrogens with zero attached hydrogens (tertiary/aromatic N) is 1. The number of rotatable bonds is 8. The van der Waals surface area contributed by atoms with Crippen LogP contribution in [0.25, 0.3) is 0 Å². The van der Waals surface area contributed by atoms with Gasteiger partial charge in [0.05, 0.1) is 0 Å². The highest BCUT2D eigenvalue weighted by Gasteiger charge is 2.31. The van der Waals surface area contributed by atoms with Gasteiger partial charge in [-0.3, -0.25) is 4.90 Å². The van der Waals surface area contributed by atoms with Crippen molar-refractivity contribution in [2.45, 2.75) is 52.1 Å². The van der Waals surface area contributed by atoms with Crippen LogP contribution >= 0.6 is 0 Å². The molecular formula is C16H28N2O. The van der Waals surface area contributed by atoms with E-state index in [2.05, 4.69) is 25.7 Å². The van der Waals surface area contributed by atoms with E-state index in [-0.39, 0.29) is 5.54 Å². The van der Waals surface area contributed by atoms with Gasteiger partial charge in [-0.2, -0.15) is 0 Å². The normalized spacial score (nSPS) is 12.1. The first kappa shape index (κ1) is 16.0. The standard InChI is InChI=1S/C16H28N2O/c1-4-11-18(16(5-2,6-3)13-17)12-14-7-9-15(19)10-8-14/h7-10,19H,4-6,11-13,17H2,1-3H3. The third kappa shape index (κ3) is 3.95. The Kier molecular flexibility index (Phi) is 6.32. The Labute approximate surface area is 117 Å². The smallest absolute Gasteiger partial charge is 0.115 e. The van der Waals surface area contributed by atoms with Gasteiger partial charge in [-0.1, -0.05) is 32.9 Å². The minimum absolute atomic E-state index is 0.0912. The molecule has 0 saturated carbocycles. The molecule has 0 aliphatic carbocycles. The fraction of sp³-hybridized carbons (Fsp3) is 0.625. The lowest BCUT2D eigenvalue weighted by Gasteiger charge is -2.42. The molecular weight excluding hydrogens is 236 g/mol. The van der Waals surface area contributed by atoms with Crippen molar-refractivity contribution in [3.05, 3.63) is 29.8 Å². The van der Waals surface area contributed by atoms with Crippen molar-refractivity contribution in [1.29, 1.82) is 0 Å². The van der Waals surface area contributed by atoms with E-state index in [4.69, 9.17) is 5.73 Å². The first-order chi connectivity index (χ1) is 9.11. The van der Waals surface area contributed by atoms with E-state index < -0.39 is 0 Å². The molecule has 0 amide bonds. The monoisotopic (exact) mass is 264 g/mol. The van der Waals surface area contributed by atoms with E-state index in [1.54, 1.807) is 12.1 Å². The summed E-state index contributed by atoms with van der Waals surface area (Å²) in [4.78, 5) is 2.50. The molecule has 0 aromatic heterocycles. The molecule has 0 fully saturated rings. The third-order valence-corrected chi connectivity index (χ3v) is 4.17. The summed E-state index contributed by atoms with van der Waals surface area (Å²) in [5.74, 6) is 0.321. The molecule has 0 atom stereocenters. The second-order valence-electron chi connectivity index (χ2n) is 5.22. The molecule has 0 bridgehead atoms. The molecule has 0 unspecified atom stereocenters. The van der Waals surface area contributed by atoms with E-state index in [0.29, 0.717) is 12.3 Å². The summed E-state index contributed by atoms with van der Waals surface area (Å²) < 4.78 is 0. The predicted molar refractivity (Wildman–Crippen MR) is 81.2 cm³/mol. The summed E-state index contributed by atoms with van der Waals surface area (Å²) in [5.41, 5.74) is 7.37. The molecule has 0 saturated heterocycles. The average Bonchev–Trinajstić information content (AvgIpc) is 2.44. The van der Waals surface area contributed by atoms with E-state index in [0.717, 1.165) is 32.4 Å². The Hall–Kier alpha value is -1.06. The van der Waals surface area contributed by atoms with Crippen molar-refractivity contribution < 1.29 is 5.11 Å². The topological polar surface area (TPSA) is 49.5 Å². The molecule has 1 rings (SSSR count). The Bertz CT molecular complexity index is 349. The molecule has 0 radical (unpaired) electrons. The zero-order valence-corrected chi connectivity index (χ0v) is 12.5. The van der Waals surface area contributed by atoms with Gasteiger partial charge >= 0.3 is 0 Å². The van der Waals surface area contributed by atoms with E-state index in [1.807, 2.05) is 12.1 Å². The maximum absolute atomic E-state index is 9.36. The van der Waals surface area contributed by atoms with Gasteiger partial charge in [0.2, 0.25) is 0 Å². The second kappa shape index (κ2) is 7.51. The van der Waals surface area contributed by atoms with Crippen molar-refractivity contribution in [2.24, 2.45) is 5.73 Å². The summed E-state index contributed by atoms with van der Waals surface area (Å²) in [7, 11) is 0. The highest BCUT2D eigenvalue weighted by Crippen LogP contribution is 2.25. The number of phenolic OH excluding ortho intramolecular Hbond substituents is 1. The van der Waals surface area contributed by atoms with Crippen LogP contribution in [0.4, 0.5) is 0 Å². The van der Waals surface area contributed by atoms with Crippen LogP contribution in [0.2, 0.25) is 0 Å². The van der Waals surface area contributed by atoms with Crippen LogP contribution in [0.1, 0.15) is 45.6 Å². The van der Waals surface area contributed by atoms with Crippen LogP contribution in [0.5, 0.6) is 5.75 Å². The van der Waals surface area contributed by atoms with Crippen molar-refractivity contribution in [2.75, 3.05) is 13.1 Å². The SMILES string of the molecule is CCCN(Cc1ccc(O)cc1)C(CC)(CC)CN. The van der Waals surface area contributed by atoms with Crippen molar-refractivity contribution in [1.82, 2.24) is 4.90 Å². The van der Waals surface area contributed by atoms with Crippen molar-refractivity contribution in [3.8, 4) is 5.75 Å².